The van der Waals surface area contributed by atoms with Crippen LogP contribution in [-0.2, 0) is 55.8 Å². The fraction of sp³-hybridized carbons (Fsp3) is 0.697. The third-order valence-corrected chi connectivity index (χ3v) is 19.4. The number of allylic oxidation sites excluding steroid dienone is 24. The smallest absolute Gasteiger partial charge is 0.463 e. The average molecular weight is 1540 g/mol. The van der Waals surface area contributed by atoms with Crippen molar-refractivity contribution < 1.29 is 75.8 Å². The molecule has 0 aliphatic heterocycles. The van der Waals surface area contributed by atoms with E-state index in [2.05, 4.69) is 167 Å². The van der Waals surface area contributed by atoms with Crippen LogP contribution in [0.4, 0.5) is 0 Å². The predicted molar refractivity (Wildman–Crippen MR) is 445 cm³/mol. The number of aliphatic hydroxyl groups excluding tert-OH is 2. The molecule has 0 amide bonds. The molecule has 0 aliphatic carbocycles. The standard InChI is InChI=1S/C89H152O16P2/c1-4-7-10-13-16-19-22-25-28-30-32-34-36-38-40-41-43-45-46-48-50-52-55-57-60-63-66-69-72-75-87(92)99-78-84(90)79-101-106(95,96)102-80-85(91)81-103-107(97,98)104-83-86(105-89(94)77-74-71-68-65-62-59-54-27-24-21-18-15-12-9-6-3)82-100-88(93)76-73-70-67-64-61-58-56-53-51-49-47-44-42-39-37-35-33-31-29-26-23-20-17-14-11-8-5-2/h8-9,11-12,16-21,25-29,32-35,38-40,42,54,84-86,90-91H,4-7,10,13-15,22-24,30-31,36-37,41,43-53,55-83H2,1-3H3,(H,95,96)(H,97,98)/b11-8-,12-9-,19-16-,20-17-,21-18-,28-25-,29-26-,34-32-,35-33-,40-38-,42-39-,54-27-. The van der Waals surface area contributed by atoms with Gasteiger partial charge in [0, 0.05) is 19.3 Å². The zero-order valence-electron chi connectivity index (χ0n) is 67.3. The predicted octanol–water partition coefficient (Wildman–Crippen LogP) is 25.2. The van der Waals surface area contributed by atoms with Gasteiger partial charge in [0.15, 0.2) is 6.10 Å². The topological polar surface area (TPSA) is 231 Å². The second kappa shape index (κ2) is 80.9. The Bertz CT molecular complexity index is 2530. The SMILES string of the molecule is CC/C=C\C/C=C\C/C=C\C/C=C\C/C=C\CCCCCCCCCCCCCC(=O)OCC(COP(=O)(O)OCC(O)COP(=O)(O)OCC(O)COC(=O)CCCCCCCCCCCCCCC/C=C\C/C=C\C/C=C\C/C=C\CCCCC)OC(=O)CCCCCCC/C=C\C/C=C\C/C=C\CC. The second-order valence-corrected chi connectivity index (χ2v) is 30.8. The Balaban J connectivity index is 4.53. The molecule has 0 spiro atoms. The molecule has 5 unspecified atom stereocenters. The molecule has 0 saturated carbocycles. The Morgan fingerprint density at radius 1 is 0.271 bits per heavy atom. The highest BCUT2D eigenvalue weighted by molar-refractivity contribution is 7.47. The van der Waals surface area contributed by atoms with E-state index in [1.54, 1.807) is 0 Å². The maximum Gasteiger partial charge on any atom is 0.472 e. The van der Waals surface area contributed by atoms with E-state index in [9.17, 15) is 43.5 Å². The van der Waals surface area contributed by atoms with Crippen LogP contribution in [0.2, 0.25) is 0 Å². The van der Waals surface area contributed by atoms with Crippen LogP contribution in [0.5, 0.6) is 0 Å². The van der Waals surface area contributed by atoms with Gasteiger partial charge in [0.05, 0.1) is 26.4 Å². The zero-order valence-corrected chi connectivity index (χ0v) is 69.1. The minimum atomic E-state index is -4.94. The molecule has 18 heteroatoms. The summed E-state index contributed by atoms with van der Waals surface area (Å²) < 4.78 is 61.2. The van der Waals surface area contributed by atoms with Crippen LogP contribution in [0.1, 0.15) is 342 Å². The summed E-state index contributed by atoms with van der Waals surface area (Å²) in [6.45, 7) is 2.43. The summed E-state index contributed by atoms with van der Waals surface area (Å²) in [5.74, 6) is -1.60. The third kappa shape index (κ3) is 82.2. The van der Waals surface area contributed by atoms with Crippen molar-refractivity contribution in [1.29, 1.82) is 0 Å². The molecular weight excluding hydrogens is 1390 g/mol. The van der Waals surface area contributed by atoms with Gasteiger partial charge >= 0.3 is 33.6 Å². The molecule has 107 heavy (non-hydrogen) atoms. The number of phosphoric ester groups is 2. The maximum atomic E-state index is 13.0. The van der Waals surface area contributed by atoms with E-state index in [1.807, 2.05) is 0 Å². The first kappa shape index (κ1) is 102. The van der Waals surface area contributed by atoms with Crippen LogP contribution in [0, 0.1) is 0 Å². The Morgan fingerprint density at radius 3 is 0.785 bits per heavy atom. The lowest BCUT2D eigenvalue weighted by molar-refractivity contribution is -0.161. The second-order valence-electron chi connectivity index (χ2n) is 27.9. The van der Waals surface area contributed by atoms with Crippen molar-refractivity contribution in [2.75, 3.05) is 39.6 Å². The van der Waals surface area contributed by atoms with E-state index < -0.39 is 91.5 Å². The van der Waals surface area contributed by atoms with Gasteiger partial charge in [-0.2, -0.15) is 0 Å². The highest BCUT2D eigenvalue weighted by Crippen LogP contribution is 2.45. The minimum Gasteiger partial charge on any atom is -0.463 e. The largest absolute Gasteiger partial charge is 0.472 e. The fourth-order valence-electron chi connectivity index (χ4n) is 11.2. The number of aliphatic hydroxyl groups is 2. The van der Waals surface area contributed by atoms with Gasteiger partial charge in [0.2, 0.25) is 0 Å². The molecule has 0 rings (SSSR count). The first-order chi connectivity index (χ1) is 52.2. The molecule has 0 saturated heterocycles. The van der Waals surface area contributed by atoms with E-state index >= 15 is 0 Å². The molecule has 0 heterocycles. The molecule has 0 aromatic rings. The van der Waals surface area contributed by atoms with Gasteiger partial charge in [-0.15, -0.1) is 0 Å². The summed E-state index contributed by atoms with van der Waals surface area (Å²) in [6.07, 6.45) is 100. The van der Waals surface area contributed by atoms with E-state index in [1.165, 1.54) is 122 Å². The lowest BCUT2D eigenvalue weighted by Gasteiger charge is -2.21. The first-order valence-electron chi connectivity index (χ1n) is 42.1. The molecule has 0 radical (unpaired) electrons. The summed E-state index contributed by atoms with van der Waals surface area (Å²) >= 11 is 0. The number of ether oxygens (including phenoxy) is 3. The molecule has 614 valence electrons. The number of carbonyl (C=O) groups excluding carboxylic acids is 3. The zero-order chi connectivity index (χ0) is 78.0. The van der Waals surface area contributed by atoms with E-state index in [0.717, 1.165) is 161 Å². The molecule has 4 N–H and O–H groups in total. The number of rotatable bonds is 79. The highest BCUT2D eigenvalue weighted by atomic mass is 31.2. The Labute approximate surface area is 651 Å². The van der Waals surface area contributed by atoms with Crippen LogP contribution >= 0.6 is 15.6 Å². The molecule has 0 bridgehead atoms. The molecular formula is C89H152O16P2. The summed E-state index contributed by atoms with van der Waals surface area (Å²) in [5.41, 5.74) is 0. The lowest BCUT2D eigenvalue weighted by atomic mass is 10.0. The van der Waals surface area contributed by atoms with E-state index in [-0.39, 0.29) is 19.3 Å². The van der Waals surface area contributed by atoms with Crippen molar-refractivity contribution in [2.24, 2.45) is 0 Å². The normalized spacial score (nSPS) is 14.6. The molecule has 0 aromatic carbocycles. The van der Waals surface area contributed by atoms with Gasteiger partial charge in [-0.1, -0.05) is 327 Å². The van der Waals surface area contributed by atoms with Gasteiger partial charge in [-0.3, -0.25) is 32.5 Å². The van der Waals surface area contributed by atoms with Crippen LogP contribution in [0.25, 0.3) is 0 Å². The summed E-state index contributed by atoms with van der Waals surface area (Å²) in [5, 5.41) is 20.7. The van der Waals surface area contributed by atoms with Crippen molar-refractivity contribution in [3.8, 4) is 0 Å². The molecule has 5 atom stereocenters. The van der Waals surface area contributed by atoms with Crippen molar-refractivity contribution in [3.63, 3.8) is 0 Å². The highest BCUT2D eigenvalue weighted by Gasteiger charge is 2.29. The number of hydrogen-bond donors (Lipinski definition) is 4. The third-order valence-electron chi connectivity index (χ3n) is 17.5. The van der Waals surface area contributed by atoms with Crippen LogP contribution in [0.3, 0.4) is 0 Å². The number of esters is 3. The lowest BCUT2D eigenvalue weighted by Crippen LogP contribution is -2.30. The van der Waals surface area contributed by atoms with Gasteiger partial charge in [-0.25, -0.2) is 9.13 Å². The van der Waals surface area contributed by atoms with Crippen molar-refractivity contribution in [1.82, 2.24) is 0 Å². The molecule has 0 aliphatic rings. The maximum absolute atomic E-state index is 13.0. The van der Waals surface area contributed by atoms with E-state index in [4.69, 9.17) is 32.3 Å². The summed E-state index contributed by atoms with van der Waals surface area (Å²) in [6, 6.07) is 0. The first-order valence-corrected chi connectivity index (χ1v) is 45.1. The fourth-order valence-corrected chi connectivity index (χ4v) is 12.8. The Morgan fingerprint density at radius 2 is 0.495 bits per heavy atom. The number of carbonyl (C=O) groups is 3. The van der Waals surface area contributed by atoms with Gasteiger partial charge in [-0.05, 0) is 141 Å². The number of unbranched alkanes of at least 4 members (excludes halogenated alkanes) is 32. The van der Waals surface area contributed by atoms with Gasteiger partial charge in [0.1, 0.15) is 25.4 Å². The van der Waals surface area contributed by atoms with Crippen LogP contribution in [-0.4, -0.2) is 95.9 Å². The Hall–Kier alpha value is -4.57. The van der Waals surface area contributed by atoms with Crippen molar-refractivity contribution in [3.05, 3.63) is 146 Å². The number of hydrogen-bond acceptors (Lipinski definition) is 14. The van der Waals surface area contributed by atoms with Crippen molar-refractivity contribution >= 4 is 33.6 Å². The summed E-state index contributed by atoms with van der Waals surface area (Å²) in [7, 11) is -9.80. The van der Waals surface area contributed by atoms with Gasteiger partial charge in [0.25, 0.3) is 0 Å². The Kier molecular flexibility index (Phi) is 77.5. The molecule has 0 fully saturated rings. The van der Waals surface area contributed by atoms with Crippen molar-refractivity contribution in [2.45, 2.75) is 360 Å². The summed E-state index contributed by atoms with van der Waals surface area (Å²) in [4.78, 5) is 58.8. The quantitative estimate of drug-likeness (QED) is 0.0146. The minimum absolute atomic E-state index is 0.0814. The average Bonchev–Trinajstić information content (AvgIpc) is 0.913. The molecule has 0 aromatic heterocycles. The van der Waals surface area contributed by atoms with Gasteiger partial charge < -0.3 is 34.2 Å². The van der Waals surface area contributed by atoms with Crippen LogP contribution < -0.4 is 0 Å². The van der Waals surface area contributed by atoms with Crippen LogP contribution in [0.15, 0.2) is 146 Å². The molecule has 16 nitrogen and oxygen atoms in total. The number of phosphoric acid groups is 2. The monoisotopic (exact) mass is 1540 g/mol. The van der Waals surface area contributed by atoms with E-state index in [0.29, 0.717) is 19.3 Å².